The number of carbonyl (C=O) groups excluding carboxylic acids is 2. The van der Waals surface area contributed by atoms with Crippen molar-refractivity contribution in [3.63, 3.8) is 0 Å². The maximum Gasteiger partial charge on any atom is 0.251 e. The molecule has 0 spiro atoms. The largest absolute Gasteiger partial charge is 0.489 e. The molecule has 28 heavy (non-hydrogen) atoms. The summed E-state index contributed by atoms with van der Waals surface area (Å²) in [5, 5.41) is 8.67. The first kappa shape index (κ1) is 21.0. The molecule has 0 aliphatic carbocycles. The van der Waals surface area contributed by atoms with Crippen LogP contribution in [0.3, 0.4) is 0 Å². The quantitative estimate of drug-likeness (QED) is 0.547. The molecule has 0 bridgehead atoms. The van der Waals surface area contributed by atoms with Gasteiger partial charge < -0.3 is 20.7 Å². The first-order valence-electron chi connectivity index (χ1n) is 9.27. The van der Waals surface area contributed by atoms with E-state index in [1.807, 2.05) is 38.1 Å². The number of anilines is 2. The normalized spacial score (nSPS) is 10.1. The Hall–Kier alpha value is -3.28. The van der Waals surface area contributed by atoms with Crippen LogP contribution in [0.5, 0.6) is 5.75 Å². The molecule has 2 aromatic carbocycles. The van der Waals surface area contributed by atoms with Crippen LogP contribution in [0.4, 0.5) is 11.4 Å². The van der Waals surface area contributed by atoms with Crippen LogP contribution in [0.15, 0.2) is 60.7 Å². The summed E-state index contributed by atoms with van der Waals surface area (Å²) in [7, 11) is 0. The molecule has 0 atom stereocenters. The lowest BCUT2D eigenvalue weighted by atomic mass is 10.2. The summed E-state index contributed by atoms with van der Waals surface area (Å²) < 4.78 is 5.54. The third kappa shape index (κ3) is 7.15. The van der Waals surface area contributed by atoms with Gasteiger partial charge in [0, 0.05) is 23.5 Å². The van der Waals surface area contributed by atoms with Gasteiger partial charge in [-0.1, -0.05) is 13.5 Å². The SMILES string of the molecule is C=C(C)COc1ccc(NCC(=O)Nc2ccc(C(=O)NCCC)cc2)cc1. The van der Waals surface area contributed by atoms with Crippen LogP contribution >= 0.6 is 0 Å². The predicted octanol–water partition coefficient (Wildman–Crippen LogP) is 3.83. The van der Waals surface area contributed by atoms with E-state index in [2.05, 4.69) is 22.5 Å². The summed E-state index contributed by atoms with van der Waals surface area (Å²) in [6.45, 7) is 8.95. The highest BCUT2D eigenvalue weighted by Gasteiger charge is 2.06. The molecule has 2 amide bonds. The fraction of sp³-hybridized carbons (Fsp3) is 0.273. The Labute approximate surface area is 166 Å². The number of carbonyl (C=O) groups is 2. The highest BCUT2D eigenvalue weighted by molar-refractivity contribution is 5.96. The number of hydrogen-bond acceptors (Lipinski definition) is 4. The van der Waals surface area contributed by atoms with Crippen molar-refractivity contribution in [1.29, 1.82) is 0 Å². The van der Waals surface area contributed by atoms with E-state index in [1.165, 1.54) is 0 Å². The average Bonchev–Trinajstić information content (AvgIpc) is 2.70. The second-order valence-electron chi connectivity index (χ2n) is 6.51. The number of amides is 2. The third-order valence-electron chi connectivity index (χ3n) is 3.76. The van der Waals surface area contributed by atoms with Crippen LogP contribution in [-0.2, 0) is 4.79 Å². The molecule has 0 heterocycles. The van der Waals surface area contributed by atoms with E-state index in [4.69, 9.17) is 4.74 Å². The van der Waals surface area contributed by atoms with Gasteiger partial charge in [-0.3, -0.25) is 9.59 Å². The van der Waals surface area contributed by atoms with Gasteiger partial charge in [0.1, 0.15) is 12.4 Å². The van der Waals surface area contributed by atoms with Gasteiger partial charge in [-0.15, -0.1) is 0 Å². The highest BCUT2D eigenvalue weighted by Crippen LogP contribution is 2.16. The molecule has 2 aromatic rings. The number of hydrogen-bond donors (Lipinski definition) is 3. The summed E-state index contributed by atoms with van der Waals surface area (Å²) in [6.07, 6.45) is 0.886. The maximum absolute atomic E-state index is 12.1. The van der Waals surface area contributed by atoms with Gasteiger partial charge in [0.05, 0.1) is 6.54 Å². The van der Waals surface area contributed by atoms with Crippen LogP contribution in [0.1, 0.15) is 30.6 Å². The molecule has 0 saturated carbocycles. The van der Waals surface area contributed by atoms with Crippen molar-refractivity contribution < 1.29 is 14.3 Å². The Morgan fingerprint density at radius 3 is 2.25 bits per heavy atom. The summed E-state index contributed by atoms with van der Waals surface area (Å²) >= 11 is 0. The molecule has 0 aliphatic heterocycles. The zero-order chi connectivity index (χ0) is 20.4. The summed E-state index contributed by atoms with van der Waals surface area (Å²) in [5.74, 6) is 0.462. The second kappa shape index (κ2) is 10.8. The molecule has 0 aromatic heterocycles. The molecule has 6 heteroatoms. The Kier molecular flexibility index (Phi) is 8.09. The smallest absolute Gasteiger partial charge is 0.251 e. The van der Waals surface area contributed by atoms with Crippen molar-refractivity contribution in [2.75, 3.05) is 30.3 Å². The van der Waals surface area contributed by atoms with E-state index in [-0.39, 0.29) is 18.4 Å². The van der Waals surface area contributed by atoms with Crippen LogP contribution in [0.25, 0.3) is 0 Å². The Bertz CT molecular complexity index is 799. The zero-order valence-electron chi connectivity index (χ0n) is 16.4. The minimum absolute atomic E-state index is 0.114. The van der Waals surface area contributed by atoms with E-state index >= 15 is 0 Å². The van der Waals surface area contributed by atoms with Crippen molar-refractivity contribution in [2.24, 2.45) is 0 Å². The van der Waals surface area contributed by atoms with Gasteiger partial charge >= 0.3 is 0 Å². The van der Waals surface area contributed by atoms with Crippen LogP contribution in [-0.4, -0.2) is 31.5 Å². The first-order chi connectivity index (χ1) is 13.5. The highest BCUT2D eigenvalue weighted by atomic mass is 16.5. The lowest BCUT2D eigenvalue weighted by Crippen LogP contribution is -2.24. The van der Waals surface area contributed by atoms with Crippen molar-refractivity contribution in [3.05, 3.63) is 66.2 Å². The van der Waals surface area contributed by atoms with Crippen LogP contribution in [0.2, 0.25) is 0 Å². The number of ether oxygens (including phenoxy) is 1. The molecular weight excluding hydrogens is 354 g/mol. The molecule has 0 fully saturated rings. The van der Waals surface area contributed by atoms with Crippen LogP contribution in [0, 0.1) is 0 Å². The van der Waals surface area contributed by atoms with Gasteiger partial charge in [0.25, 0.3) is 5.91 Å². The van der Waals surface area contributed by atoms with Gasteiger partial charge in [0.2, 0.25) is 5.91 Å². The Morgan fingerprint density at radius 1 is 1.00 bits per heavy atom. The summed E-state index contributed by atoms with van der Waals surface area (Å²) in [4.78, 5) is 24.0. The fourth-order valence-electron chi connectivity index (χ4n) is 2.31. The second-order valence-corrected chi connectivity index (χ2v) is 6.51. The topological polar surface area (TPSA) is 79.5 Å². The van der Waals surface area contributed by atoms with Crippen molar-refractivity contribution in [3.8, 4) is 5.75 Å². The molecular formula is C22H27N3O3. The molecule has 3 N–H and O–H groups in total. The van der Waals surface area contributed by atoms with Gasteiger partial charge in [0.15, 0.2) is 0 Å². The maximum atomic E-state index is 12.1. The molecule has 148 valence electrons. The van der Waals surface area contributed by atoms with E-state index < -0.39 is 0 Å². The molecule has 0 unspecified atom stereocenters. The predicted molar refractivity (Wildman–Crippen MR) is 113 cm³/mol. The number of benzene rings is 2. The van der Waals surface area contributed by atoms with Gasteiger partial charge in [-0.05, 0) is 67.4 Å². The molecule has 6 nitrogen and oxygen atoms in total. The van der Waals surface area contributed by atoms with E-state index in [0.717, 1.165) is 23.4 Å². The van der Waals surface area contributed by atoms with E-state index in [0.29, 0.717) is 24.4 Å². The lowest BCUT2D eigenvalue weighted by Gasteiger charge is -2.10. The Balaban J connectivity index is 1.79. The molecule has 0 saturated heterocycles. The van der Waals surface area contributed by atoms with Gasteiger partial charge in [-0.2, -0.15) is 0 Å². The lowest BCUT2D eigenvalue weighted by molar-refractivity contribution is -0.114. The number of rotatable bonds is 10. The first-order valence-corrected chi connectivity index (χ1v) is 9.27. The van der Waals surface area contributed by atoms with Crippen molar-refractivity contribution in [1.82, 2.24) is 5.32 Å². The molecule has 2 rings (SSSR count). The third-order valence-corrected chi connectivity index (χ3v) is 3.76. The minimum atomic E-state index is -0.175. The van der Waals surface area contributed by atoms with E-state index in [9.17, 15) is 9.59 Å². The van der Waals surface area contributed by atoms with Crippen LogP contribution < -0.4 is 20.7 Å². The standard InChI is InChI=1S/C22H27N3O3/c1-4-13-23-22(27)17-5-7-19(8-6-17)25-21(26)14-24-18-9-11-20(12-10-18)28-15-16(2)3/h5-12,24H,2,4,13-15H2,1,3H3,(H,23,27)(H,25,26). The Morgan fingerprint density at radius 2 is 1.64 bits per heavy atom. The summed E-state index contributed by atoms with van der Waals surface area (Å²) in [6, 6.07) is 14.2. The monoisotopic (exact) mass is 381 g/mol. The minimum Gasteiger partial charge on any atom is -0.489 e. The fourth-order valence-corrected chi connectivity index (χ4v) is 2.31. The number of nitrogens with one attached hydrogen (secondary N) is 3. The van der Waals surface area contributed by atoms with Crippen molar-refractivity contribution >= 4 is 23.2 Å². The zero-order valence-corrected chi connectivity index (χ0v) is 16.4. The van der Waals surface area contributed by atoms with E-state index in [1.54, 1.807) is 24.3 Å². The van der Waals surface area contributed by atoms with Gasteiger partial charge in [-0.25, -0.2) is 0 Å². The summed E-state index contributed by atoms with van der Waals surface area (Å²) in [5.41, 5.74) is 2.98. The van der Waals surface area contributed by atoms with Crippen molar-refractivity contribution in [2.45, 2.75) is 20.3 Å². The average molecular weight is 381 g/mol. The molecule has 0 radical (unpaired) electrons. The molecule has 0 aliphatic rings.